The van der Waals surface area contributed by atoms with Crippen LogP contribution >= 0.6 is 23.4 Å². The fourth-order valence-corrected chi connectivity index (χ4v) is 2.49. The van der Waals surface area contributed by atoms with Crippen molar-refractivity contribution < 1.29 is 0 Å². The molecule has 1 N–H and O–H groups in total. The summed E-state index contributed by atoms with van der Waals surface area (Å²) in [5.74, 6) is 0. The number of nitrogens with zero attached hydrogens (tertiary/aromatic N) is 4. The van der Waals surface area contributed by atoms with Gasteiger partial charge in [-0.25, -0.2) is 4.68 Å². The SMILES string of the molecule is CCNCc1ccc(Sc2nnnn2C)cc1Cl. The smallest absolute Gasteiger partial charge is 0.213 e. The number of halogens is 1. The number of hydrogen-bond acceptors (Lipinski definition) is 5. The second-order valence-corrected chi connectivity index (χ2v) is 5.17. The van der Waals surface area contributed by atoms with Crippen molar-refractivity contribution in [2.45, 2.75) is 23.5 Å². The lowest BCUT2D eigenvalue weighted by atomic mass is 10.2. The molecule has 0 aliphatic rings. The molecule has 2 aromatic rings. The fraction of sp³-hybridized carbons (Fsp3) is 0.364. The molecule has 1 aromatic carbocycles. The molecular formula is C11H14ClN5S. The zero-order valence-electron chi connectivity index (χ0n) is 10.2. The highest BCUT2D eigenvalue weighted by molar-refractivity contribution is 7.99. The third-order valence-corrected chi connectivity index (χ3v) is 3.75. The minimum atomic E-state index is 0.741. The van der Waals surface area contributed by atoms with Gasteiger partial charge in [0.1, 0.15) is 0 Å². The van der Waals surface area contributed by atoms with Crippen LogP contribution in [0.5, 0.6) is 0 Å². The molecule has 0 aliphatic heterocycles. The van der Waals surface area contributed by atoms with Crippen LogP contribution in [0.1, 0.15) is 12.5 Å². The third kappa shape index (κ3) is 3.22. The number of aromatic nitrogens is 4. The largest absolute Gasteiger partial charge is 0.313 e. The summed E-state index contributed by atoms with van der Waals surface area (Å²) in [7, 11) is 1.81. The first kappa shape index (κ1) is 13.3. The van der Waals surface area contributed by atoms with Gasteiger partial charge >= 0.3 is 0 Å². The maximum atomic E-state index is 6.23. The van der Waals surface area contributed by atoms with Crippen LogP contribution in [0.3, 0.4) is 0 Å². The summed E-state index contributed by atoms with van der Waals surface area (Å²) in [4.78, 5) is 1.03. The van der Waals surface area contributed by atoms with E-state index in [1.54, 1.807) is 4.68 Å². The van der Waals surface area contributed by atoms with Gasteiger partial charge in [0, 0.05) is 23.5 Å². The van der Waals surface area contributed by atoms with E-state index in [1.807, 2.05) is 25.2 Å². The standard InChI is InChI=1S/C11H14ClN5S/c1-3-13-7-8-4-5-9(6-10(8)12)18-11-14-15-16-17(11)2/h4-6,13H,3,7H2,1-2H3. The van der Waals surface area contributed by atoms with Crippen LogP contribution in [0.2, 0.25) is 5.02 Å². The monoisotopic (exact) mass is 283 g/mol. The van der Waals surface area contributed by atoms with E-state index in [9.17, 15) is 0 Å². The minimum absolute atomic E-state index is 0.741. The highest BCUT2D eigenvalue weighted by Crippen LogP contribution is 2.28. The number of hydrogen-bond donors (Lipinski definition) is 1. The van der Waals surface area contributed by atoms with Crippen molar-refractivity contribution in [3.8, 4) is 0 Å². The lowest BCUT2D eigenvalue weighted by Crippen LogP contribution is -2.11. The van der Waals surface area contributed by atoms with Crippen molar-refractivity contribution in [2.24, 2.45) is 7.05 Å². The number of benzene rings is 1. The van der Waals surface area contributed by atoms with Crippen LogP contribution in [0.25, 0.3) is 0 Å². The van der Waals surface area contributed by atoms with Gasteiger partial charge in [-0.1, -0.05) is 24.6 Å². The molecular weight excluding hydrogens is 270 g/mol. The Kier molecular flexibility index (Phi) is 4.57. The number of rotatable bonds is 5. The number of aryl methyl sites for hydroxylation is 1. The molecule has 0 atom stereocenters. The van der Waals surface area contributed by atoms with Crippen molar-refractivity contribution in [3.63, 3.8) is 0 Å². The van der Waals surface area contributed by atoms with Crippen LogP contribution in [0.4, 0.5) is 0 Å². The molecule has 0 saturated carbocycles. The van der Waals surface area contributed by atoms with Gasteiger partial charge < -0.3 is 5.32 Å². The van der Waals surface area contributed by atoms with Crippen LogP contribution in [0.15, 0.2) is 28.3 Å². The Balaban J connectivity index is 2.11. The highest BCUT2D eigenvalue weighted by Gasteiger charge is 2.07. The van der Waals surface area contributed by atoms with Crippen molar-refractivity contribution in [1.82, 2.24) is 25.5 Å². The second-order valence-electron chi connectivity index (χ2n) is 3.72. The summed E-state index contributed by atoms with van der Waals surface area (Å²) in [5.41, 5.74) is 1.10. The summed E-state index contributed by atoms with van der Waals surface area (Å²) in [6, 6.07) is 5.99. The molecule has 1 heterocycles. The maximum absolute atomic E-state index is 6.23. The Bertz CT molecular complexity index is 528. The minimum Gasteiger partial charge on any atom is -0.313 e. The summed E-state index contributed by atoms with van der Waals surface area (Å²) in [5, 5.41) is 16.1. The molecule has 0 fully saturated rings. The Labute approximate surface area is 115 Å². The first-order chi connectivity index (χ1) is 8.70. The second kappa shape index (κ2) is 6.17. The van der Waals surface area contributed by atoms with E-state index in [4.69, 9.17) is 11.6 Å². The van der Waals surface area contributed by atoms with Crippen LogP contribution < -0.4 is 5.32 Å². The van der Waals surface area contributed by atoms with Gasteiger partial charge in [0.15, 0.2) is 0 Å². The first-order valence-corrected chi connectivity index (χ1v) is 6.79. The molecule has 0 spiro atoms. The molecule has 7 heteroatoms. The zero-order valence-corrected chi connectivity index (χ0v) is 11.8. The molecule has 2 rings (SSSR count). The Hall–Kier alpha value is -1.11. The molecule has 0 aliphatic carbocycles. The van der Waals surface area contributed by atoms with Crippen LogP contribution in [-0.2, 0) is 13.6 Å². The predicted octanol–water partition coefficient (Wildman–Crippen LogP) is 2.12. The molecule has 0 unspecified atom stereocenters. The molecule has 0 radical (unpaired) electrons. The maximum Gasteiger partial charge on any atom is 0.213 e. The molecule has 0 bridgehead atoms. The molecule has 96 valence electrons. The van der Waals surface area contributed by atoms with E-state index in [-0.39, 0.29) is 0 Å². The lowest BCUT2D eigenvalue weighted by molar-refractivity contribution is 0.664. The van der Waals surface area contributed by atoms with E-state index < -0.39 is 0 Å². The van der Waals surface area contributed by atoms with Gasteiger partial charge in [-0.15, -0.1) is 5.10 Å². The van der Waals surface area contributed by atoms with Gasteiger partial charge in [-0.3, -0.25) is 0 Å². The fourth-order valence-electron chi connectivity index (χ4n) is 1.41. The van der Waals surface area contributed by atoms with Crippen LogP contribution in [0, 0.1) is 0 Å². The predicted molar refractivity (Wildman–Crippen MR) is 71.8 cm³/mol. The van der Waals surface area contributed by atoms with E-state index in [1.165, 1.54) is 11.8 Å². The van der Waals surface area contributed by atoms with Crippen molar-refractivity contribution in [3.05, 3.63) is 28.8 Å². The van der Waals surface area contributed by atoms with Gasteiger partial charge in [-0.05, 0) is 46.4 Å². The van der Waals surface area contributed by atoms with Crippen molar-refractivity contribution >= 4 is 23.4 Å². The Morgan fingerprint density at radius 2 is 2.28 bits per heavy atom. The number of nitrogens with one attached hydrogen (secondary N) is 1. The summed E-state index contributed by atoms with van der Waals surface area (Å²) < 4.78 is 1.63. The third-order valence-electron chi connectivity index (χ3n) is 2.38. The molecule has 0 saturated heterocycles. The lowest BCUT2D eigenvalue weighted by Gasteiger charge is -2.06. The normalized spacial score (nSPS) is 10.8. The van der Waals surface area contributed by atoms with E-state index >= 15 is 0 Å². The zero-order chi connectivity index (χ0) is 13.0. The van der Waals surface area contributed by atoms with Crippen molar-refractivity contribution in [2.75, 3.05) is 6.54 Å². The molecule has 1 aromatic heterocycles. The van der Waals surface area contributed by atoms with Gasteiger partial charge in [-0.2, -0.15) is 0 Å². The topological polar surface area (TPSA) is 55.6 Å². The summed E-state index contributed by atoms with van der Waals surface area (Å²) in [6.45, 7) is 3.78. The Morgan fingerprint density at radius 3 is 2.89 bits per heavy atom. The van der Waals surface area contributed by atoms with Gasteiger partial charge in [0.2, 0.25) is 5.16 Å². The average Bonchev–Trinajstić information content (AvgIpc) is 2.74. The van der Waals surface area contributed by atoms with E-state index in [0.717, 1.165) is 33.7 Å². The van der Waals surface area contributed by atoms with E-state index in [2.05, 4.69) is 27.8 Å². The average molecular weight is 284 g/mol. The van der Waals surface area contributed by atoms with Gasteiger partial charge in [0.25, 0.3) is 0 Å². The summed E-state index contributed by atoms with van der Waals surface area (Å²) >= 11 is 7.72. The Morgan fingerprint density at radius 1 is 1.44 bits per heavy atom. The van der Waals surface area contributed by atoms with Crippen LogP contribution in [-0.4, -0.2) is 26.8 Å². The van der Waals surface area contributed by atoms with Gasteiger partial charge in [0.05, 0.1) is 0 Å². The van der Waals surface area contributed by atoms with Crippen molar-refractivity contribution in [1.29, 1.82) is 0 Å². The first-order valence-electron chi connectivity index (χ1n) is 5.60. The van der Waals surface area contributed by atoms with E-state index in [0.29, 0.717) is 0 Å². The molecule has 5 nitrogen and oxygen atoms in total. The molecule has 0 amide bonds. The quantitative estimate of drug-likeness (QED) is 0.911. The number of tetrazole rings is 1. The molecule has 18 heavy (non-hydrogen) atoms. The highest BCUT2D eigenvalue weighted by atomic mass is 35.5. The summed E-state index contributed by atoms with van der Waals surface area (Å²) in [6.07, 6.45) is 0.